The van der Waals surface area contributed by atoms with Gasteiger partial charge in [-0.2, -0.15) is 0 Å². The molecule has 106 valence electrons. The fourth-order valence-electron chi connectivity index (χ4n) is 2.67. The van der Waals surface area contributed by atoms with Gasteiger partial charge in [0.15, 0.2) is 5.13 Å². The molecule has 1 fully saturated rings. The molecule has 5 heteroatoms. The Morgan fingerprint density at radius 2 is 1.90 bits per heavy atom. The van der Waals surface area contributed by atoms with Crippen molar-refractivity contribution >= 4 is 32.7 Å². The van der Waals surface area contributed by atoms with Crippen molar-refractivity contribution in [3.05, 3.63) is 24.3 Å². The molecule has 1 saturated carbocycles. The van der Waals surface area contributed by atoms with Gasteiger partial charge in [0.1, 0.15) is 0 Å². The Morgan fingerprint density at radius 3 is 2.65 bits per heavy atom. The van der Waals surface area contributed by atoms with Crippen molar-refractivity contribution in [1.29, 1.82) is 0 Å². The van der Waals surface area contributed by atoms with Gasteiger partial charge in [-0.25, -0.2) is 9.78 Å². The summed E-state index contributed by atoms with van der Waals surface area (Å²) < 4.78 is 1.09. The van der Waals surface area contributed by atoms with Crippen molar-refractivity contribution in [1.82, 2.24) is 10.3 Å². The molecule has 1 aliphatic rings. The highest BCUT2D eigenvalue weighted by molar-refractivity contribution is 7.22. The number of para-hydroxylation sites is 1. The molecule has 2 aromatic rings. The Hall–Kier alpha value is -1.62. The number of aromatic nitrogens is 1. The maximum atomic E-state index is 12.0. The molecule has 1 aliphatic carbocycles. The molecule has 0 unspecified atom stereocenters. The van der Waals surface area contributed by atoms with Crippen LogP contribution in [0.5, 0.6) is 0 Å². The first-order valence-electron chi connectivity index (χ1n) is 7.24. The second kappa shape index (κ2) is 6.22. The fraction of sp³-hybridized carbons (Fsp3) is 0.467. The molecule has 0 aliphatic heterocycles. The maximum absolute atomic E-state index is 12.0. The predicted molar refractivity (Wildman–Crippen MR) is 83.3 cm³/mol. The van der Waals surface area contributed by atoms with Crippen LogP contribution in [0.1, 0.15) is 38.5 Å². The van der Waals surface area contributed by atoms with Crippen LogP contribution in [0, 0.1) is 0 Å². The highest BCUT2D eigenvalue weighted by atomic mass is 32.1. The number of benzene rings is 1. The predicted octanol–water partition coefficient (Wildman–Crippen LogP) is 4.14. The second-order valence-corrected chi connectivity index (χ2v) is 6.30. The van der Waals surface area contributed by atoms with E-state index in [0.29, 0.717) is 11.2 Å². The number of nitrogens with one attached hydrogen (secondary N) is 2. The second-order valence-electron chi connectivity index (χ2n) is 5.27. The molecule has 4 nitrogen and oxygen atoms in total. The molecule has 20 heavy (non-hydrogen) atoms. The number of anilines is 1. The van der Waals surface area contributed by atoms with Gasteiger partial charge in [0, 0.05) is 6.04 Å². The number of carbonyl (C=O) groups excluding carboxylic acids is 1. The molecular weight excluding hydrogens is 270 g/mol. The number of amides is 2. The van der Waals surface area contributed by atoms with Crippen molar-refractivity contribution in [3.63, 3.8) is 0 Å². The van der Waals surface area contributed by atoms with E-state index >= 15 is 0 Å². The van der Waals surface area contributed by atoms with E-state index in [1.54, 1.807) is 0 Å². The number of hydrogen-bond acceptors (Lipinski definition) is 3. The fourth-order valence-corrected chi connectivity index (χ4v) is 3.53. The van der Waals surface area contributed by atoms with Crippen LogP contribution in [0.15, 0.2) is 24.3 Å². The summed E-state index contributed by atoms with van der Waals surface area (Å²) in [5.74, 6) is 0. The third kappa shape index (κ3) is 3.28. The highest BCUT2D eigenvalue weighted by Gasteiger charge is 2.15. The lowest BCUT2D eigenvalue weighted by atomic mass is 10.1. The van der Waals surface area contributed by atoms with Gasteiger partial charge in [-0.1, -0.05) is 49.2 Å². The monoisotopic (exact) mass is 289 g/mol. The van der Waals surface area contributed by atoms with Crippen LogP contribution in [0.4, 0.5) is 9.93 Å². The Balaban J connectivity index is 1.60. The number of nitrogens with zero attached hydrogens (tertiary/aromatic N) is 1. The van der Waals surface area contributed by atoms with E-state index in [-0.39, 0.29) is 6.03 Å². The quantitative estimate of drug-likeness (QED) is 0.816. The van der Waals surface area contributed by atoms with Gasteiger partial charge in [-0.3, -0.25) is 5.32 Å². The van der Waals surface area contributed by atoms with Gasteiger partial charge >= 0.3 is 6.03 Å². The topological polar surface area (TPSA) is 54.0 Å². The number of hydrogen-bond donors (Lipinski definition) is 2. The first-order chi connectivity index (χ1) is 9.81. The average molecular weight is 289 g/mol. The molecule has 2 amide bonds. The van der Waals surface area contributed by atoms with E-state index < -0.39 is 0 Å². The van der Waals surface area contributed by atoms with E-state index in [9.17, 15) is 4.79 Å². The van der Waals surface area contributed by atoms with Crippen LogP contribution >= 0.6 is 11.3 Å². The van der Waals surface area contributed by atoms with Crippen LogP contribution in [0.3, 0.4) is 0 Å². The van der Waals surface area contributed by atoms with Crippen LogP contribution in [-0.4, -0.2) is 17.1 Å². The summed E-state index contributed by atoms with van der Waals surface area (Å²) in [6.07, 6.45) is 7.19. The molecule has 2 N–H and O–H groups in total. The lowest BCUT2D eigenvalue weighted by Gasteiger charge is -2.15. The van der Waals surface area contributed by atoms with Crippen molar-refractivity contribution in [2.24, 2.45) is 0 Å². The number of carbonyl (C=O) groups is 1. The summed E-state index contributed by atoms with van der Waals surface area (Å²) in [4.78, 5) is 16.4. The lowest BCUT2D eigenvalue weighted by molar-refractivity contribution is 0.247. The first kappa shape index (κ1) is 13.4. The Bertz CT molecular complexity index is 555. The molecule has 0 spiro atoms. The van der Waals surface area contributed by atoms with Gasteiger partial charge in [0.05, 0.1) is 10.2 Å². The molecule has 1 aromatic heterocycles. The summed E-state index contributed by atoms with van der Waals surface area (Å²) in [7, 11) is 0. The molecule has 0 atom stereocenters. The number of thiazole rings is 1. The summed E-state index contributed by atoms with van der Waals surface area (Å²) in [6.45, 7) is 0. The minimum Gasteiger partial charge on any atom is -0.335 e. The maximum Gasteiger partial charge on any atom is 0.321 e. The van der Waals surface area contributed by atoms with Crippen molar-refractivity contribution in [3.8, 4) is 0 Å². The van der Waals surface area contributed by atoms with Gasteiger partial charge in [-0.05, 0) is 25.0 Å². The summed E-state index contributed by atoms with van der Waals surface area (Å²) in [5, 5.41) is 6.59. The van der Waals surface area contributed by atoms with E-state index in [1.165, 1.54) is 37.0 Å². The zero-order chi connectivity index (χ0) is 13.8. The Morgan fingerprint density at radius 1 is 1.15 bits per heavy atom. The van der Waals surface area contributed by atoms with E-state index in [2.05, 4.69) is 15.6 Å². The standard InChI is InChI=1S/C15H19N3OS/c19-14(16-11-7-3-1-2-4-8-11)18-15-17-12-9-5-6-10-13(12)20-15/h5-6,9-11H,1-4,7-8H2,(H2,16,17,18,19). The van der Waals surface area contributed by atoms with Crippen molar-refractivity contribution < 1.29 is 4.79 Å². The van der Waals surface area contributed by atoms with Gasteiger partial charge in [0.25, 0.3) is 0 Å². The van der Waals surface area contributed by atoms with Gasteiger partial charge < -0.3 is 5.32 Å². The third-order valence-corrected chi connectivity index (χ3v) is 4.66. The molecular formula is C15H19N3OS. The van der Waals surface area contributed by atoms with Crippen LogP contribution in [0.25, 0.3) is 10.2 Å². The molecule has 1 heterocycles. The largest absolute Gasteiger partial charge is 0.335 e. The molecule has 0 bridgehead atoms. The Labute approximate surface area is 122 Å². The van der Waals surface area contributed by atoms with Crippen molar-refractivity contribution in [2.75, 3.05) is 5.32 Å². The molecule has 1 aromatic carbocycles. The average Bonchev–Trinajstić information content (AvgIpc) is 2.66. The molecule has 0 saturated heterocycles. The minimum absolute atomic E-state index is 0.129. The van der Waals surface area contributed by atoms with Crippen molar-refractivity contribution in [2.45, 2.75) is 44.6 Å². The smallest absolute Gasteiger partial charge is 0.321 e. The van der Waals surface area contributed by atoms with E-state index in [4.69, 9.17) is 0 Å². The summed E-state index contributed by atoms with van der Waals surface area (Å²) >= 11 is 1.51. The zero-order valence-corrected chi connectivity index (χ0v) is 12.2. The van der Waals surface area contributed by atoms with Crippen LogP contribution < -0.4 is 10.6 Å². The van der Waals surface area contributed by atoms with Gasteiger partial charge in [0.2, 0.25) is 0 Å². The Kier molecular flexibility index (Phi) is 4.16. The molecule has 3 rings (SSSR count). The van der Waals surface area contributed by atoms with Crippen LogP contribution in [0.2, 0.25) is 0 Å². The number of urea groups is 1. The third-order valence-electron chi connectivity index (χ3n) is 3.70. The normalized spacial score (nSPS) is 16.8. The van der Waals surface area contributed by atoms with Crippen LogP contribution in [-0.2, 0) is 0 Å². The minimum atomic E-state index is -0.129. The highest BCUT2D eigenvalue weighted by Crippen LogP contribution is 2.25. The zero-order valence-electron chi connectivity index (χ0n) is 11.4. The van der Waals surface area contributed by atoms with E-state index in [0.717, 1.165) is 23.1 Å². The SMILES string of the molecule is O=C(Nc1nc2ccccc2s1)NC1CCCCCC1. The molecule has 0 radical (unpaired) electrons. The summed E-state index contributed by atoms with van der Waals surface area (Å²) in [5.41, 5.74) is 0.933. The summed E-state index contributed by atoms with van der Waals surface area (Å²) in [6, 6.07) is 8.09. The number of fused-ring (bicyclic) bond motifs is 1. The van der Waals surface area contributed by atoms with E-state index in [1.807, 2.05) is 24.3 Å². The lowest BCUT2D eigenvalue weighted by Crippen LogP contribution is -2.37. The van der Waals surface area contributed by atoms with Gasteiger partial charge in [-0.15, -0.1) is 0 Å². The first-order valence-corrected chi connectivity index (χ1v) is 8.06. The number of rotatable bonds is 2.